The van der Waals surface area contributed by atoms with Crippen molar-refractivity contribution in [1.29, 1.82) is 0 Å². The van der Waals surface area contributed by atoms with Crippen molar-refractivity contribution < 1.29 is 13.9 Å². The molecule has 5 heteroatoms. The summed E-state index contributed by atoms with van der Waals surface area (Å²) in [6.45, 7) is 1.98. The van der Waals surface area contributed by atoms with Gasteiger partial charge in [0, 0.05) is 0 Å². The summed E-state index contributed by atoms with van der Waals surface area (Å²) in [7, 11) is 0. The van der Waals surface area contributed by atoms with Gasteiger partial charge in [-0.2, -0.15) is 4.39 Å². The molecule has 0 atom stereocenters. The van der Waals surface area contributed by atoms with Crippen molar-refractivity contribution in [3.8, 4) is 0 Å². The van der Waals surface area contributed by atoms with Crippen LogP contribution in [0.15, 0.2) is 24.5 Å². The van der Waals surface area contributed by atoms with Crippen LogP contribution in [0.25, 0.3) is 5.52 Å². The predicted octanol–water partition coefficient (Wildman–Crippen LogP) is 1.65. The largest absolute Gasteiger partial charge is 0.461 e. The smallest absolute Gasteiger partial charge is 0.359 e. The first-order valence-electron chi connectivity index (χ1n) is 4.52. The third kappa shape index (κ3) is 1.56. The average molecular weight is 208 g/mol. The topological polar surface area (TPSA) is 43.6 Å². The Labute approximate surface area is 85.3 Å². The van der Waals surface area contributed by atoms with Crippen molar-refractivity contribution in [2.24, 2.45) is 0 Å². The van der Waals surface area contributed by atoms with Crippen LogP contribution < -0.4 is 0 Å². The van der Waals surface area contributed by atoms with Gasteiger partial charge in [0.15, 0.2) is 11.6 Å². The Morgan fingerprint density at radius 3 is 3.13 bits per heavy atom. The molecule has 4 nitrogen and oxygen atoms in total. The number of carbonyl (C=O) groups is 1. The number of fused-ring (bicyclic) bond motifs is 1. The second-order valence-electron chi connectivity index (χ2n) is 2.92. The van der Waals surface area contributed by atoms with Gasteiger partial charge in [-0.25, -0.2) is 9.78 Å². The zero-order valence-electron chi connectivity index (χ0n) is 8.11. The van der Waals surface area contributed by atoms with Gasteiger partial charge in [0.1, 0.15) is 6.33 Å². The molecule has 2 aromatic heterocycles. The number of esters is 1. The van der Waals surface area contributed by atoms with Crippen molar-refractivity contribution in [2.75, 3.05) is 6.61 Å². The Kier molecular flexibility index (Phi) is 2.37. The van der Waals surface area contributed by atoms with Gasteiger partial charge in [0.2, 0.25) is 0 Å². The molecule has 0 bridgehead atoms. The van der Waals surface area contributed by atoms with Gasteiger partial charge in [-0.05, 0) is 19.1 Å². The molecule has 0 fully saturated rings. The number of imidazole rings is 1. The van der Waals surface area contributed by atoms with E-state index < -0.39 is 11.9 Å². The van der Waals surface area contributed by atoms with E-state index in [1.165, 1.54) is 22.9 Å². The van der Waals surface area contributed by atoms with E-state index in [1.807, 2.05) is 0 Å². The van der Waals surface area contributed by atoms with Crippen molar-refractivity contribution in [3.63, 3.8) is 0 Å². The summed E-state index contributed by atoms with van der Waals surface area (Å²) in [4.78, 5) is 15.2. The molecule has 0 amide bonds. The van der Waals surface area contributed by atoms with E-state index in [2.05, 4.69) is 4.98 Å². The molecule has 78 valence electrons. The average Bonchev–Trinajstić information content (AvgIpc) is 2.63. The third-order valence-corrected chi connectivity index (χ3v) is 1.99. The van der Waals surface area contributed by atoms with Gasteiger partial charge in [0.05, 0.1) is 12.1 Å². The van der Waals surface area contributed by atoms with Crippen LogP contribution in [-0.4, -0.2) is 22.0 Å². The number of hydrogen-bond acceptors (Lipinski definition) is 3. The predicted molar refractivity (Wildman–Crippen MR) is 51.1 cm³/mol. The highest BCUT2D eigenvalue weighted by Crippen LogP contribution is 2.12. The minimum atomic E-state index is -0.536. The lowest BCUT2D eigenvalue weighted by Crippen LogP contribution is -2.05. The fourth-order valence-electron chi connectivity index (χ4n) is 1.34. The number of carbonyl (C=O) groups excluding carboxylic acids is 1. The molecule has 0 aliphatic rings. The second kappa shape index (κ2) is 3.68. The highest BCUT2D eigenvalue weighted by molar-refractivity contribution is 5.94. The number of ether oxygens (including phenoxy) is 1. The van der Waals surface area contributed by atoms with E-state index >= 15 is 0 Å². The van der Waals surface area contributed by atoms with E-state index in [0.717, 1.165) is 0 Å². The molecule has 0 radical (unpaired) electrons. The van der Waals surface area contributed by atoms with Crippen LogP contribution >= 0.6 is 0 Å². The fourth-order valence-corrected chi connectivity index (χ4v) is 1.34. The summed E-state index contributed by atoms with van der Waals surface area (Å²) < 4.78 is 19.2. The summed E-state index contributed by atoms with van der Waals surface area (Å²) in [5.41, 5.74) is 0.546. The molecule has 0 unspecified atom stereocenters. The lowest BCUT2D eigenvalue weighted by atomic mass is 10.3. The lowest BCUT2D eigenvalue weighted by Gasteiger charge is -1.99. The molecule has 0 saturated carbocycles. The van der Waals surface area contributed by atoms with Crippen LogP contribution in [0.4, 0.5) is 4.39 Å². The van der Waals surface area contributed by atoms with Crippen molar-refractivity contribution in [3.05, 3.63) is 36.2 Å². The highest BCUT2D eigenvalue weighted by atomic mass is 19.1. The molecule has 2 rings (SSSR count). The number of nitrogens with zero attached hydrogens (tertiary/aromatic N) is 2. The molecule has 2 aromatic rings. The molecule has 15 heavy (non-hydrogen) atoms. The molecule has 0 aromatic carbocycles. The highest BCUT2D eigenvalue weighted by Gasteiger charge is 2.15. The summed E-state index contributed by atoms with van der Waals surface area (Å²) in [6, 6.07) is 4.43. The molecule has 0 aliphatic heterocycles. The van der Waals surface area contributed by atoms with Crippen LogP contribution in [0, 0.1) is 5.95 Å². The SMILES string of the molecule is CCOC(=O)c1ncn2c(F)cccc12. The standard InChI is InChI=1S/C10H9FN2O2/c1-2-15-10(14)9-7-4-3-5-8(11)13(7)6-12-9/h3-6H,2H2,1H3. The Morgan fingerprint density at radius 1 is 1.60 bits per heavy atom. The second-order valence-corrected chi connectivity index (χ2v) is 2.92. The number of pyridine rings is 1. The van der Waals surface area contributed by atoms with E-state index in [1.54, 1.807) is 13.0 Å². The van der Waals surface area contributed by atoms with Crippen LogP contribution in [0.3, 0.4) is 0 Å². The molecule has 0 saturated heterocycles. The van der Waals surface area contributed by atoms with Gasteiger partial charge in [-0.15, -0.1) is 0 Å². The molecular formula is C10H9FN2O2. The molecule has 2 heterocycles. The van der Waals surface area contributed by atoms with Crippen molar-refractivity contribution in [2.45, 2.75) is 6.92 Å². The van der Waals surface area contributed by atoms with Crippen molar-refractivity contribution >= 4 is 11.5 Å². The quantitative estimate of drug-likeness (QED) is 0.556. The number of hydrogen-bond donors (Lipinski definition) is 0. The summed E-state index contributed by atoms with van der Waals surface area (Å²) in [5.74, 6) is -0.999. The monoisotopic (exact) mass is 208 g/mol. The van der Waals surface area contributed by atoms with E-state index in [-0.39, 0.29) is 12.3 Å². The minimum Gasteiger partial charge on any atom is -0.461 e. The van der Waals surface area contributed by atoms with Gasteiger partial charge in [-0.1, -0.05) is 6.07 Å². The molecule has 0 N–H and O–H groups in total. The first kappa shape index (κ1) is 9.64. The summed E-state index contributed by atoms with van der Waals surface area (Å²) in [6.07, 6.45) is 1.26. The fraction of sp³-hybridized carbons (Fsp3) is 0.200. The minimum absolute atomic E-state index is 0.136. The third-order valence-electron chi connectivity index (χ3n) is 1.99. The van der Waals surface area contributed by atoms with Gasteiger partial charge in [0.25, 0.3) is 0 Å². The molecule has 0 aliphatic carbocycles. The summed E-state index contributed by atoms with van der Waals surface area (Å²) >= 11 is 0. The van der Waals surface area contributed by atoms with Crippen molar-refractivity contribution in [1.82, 2.24) is 9.38 Å². The van der Waals surface area contributed by atoms with Crippen LogP contribution in [0.2, 0.25) is 0 Å². The Balaban J connectivity index is 2.54. The van der Waals surface area contributed by atoms with Crippen LogP contribution in [0.5, 0.6) is 0 Å². The Hall–Kier alpha value is -1.91. The maximum Gasteiger partial charge on any atom is 0.359 e. The Bertz CT molecular complexity index is 507. The van der Waals surface area contributed by atoms with E-state index in [4.69, 9.17) is 4.74 Å². The molecular weight excluding hydrogens is 199 g/mol. The molecule has 0 spiro atoms. The first-order chi connectivity index (χ1) is 7.24. The summed E-state index contributed by atoms with van der Waals surface area (Å²) in [5, 5.41) is 0. The van der Waals surface area contributed by atoms with Crippen LogP contribution in [0.1, 0.15) is 17.4 Å². The maximum absolute atomic E-state index is 13.2. The zero-order valence-corrected chi connectivity index (χ0v) is 8.11. The van der Waals surface area contributed by atoms with E-state index in [9.17, 15) is 9.18 Å². The number of aromatic nitrogens is 2. The normalized spacial score (nSPS) is 10.5. The van der Waals surface area contributed by atoms with E-state index in [0.29, 0.717) is 5.52 Å². The number of rotatable bonds is 2. The zero-order chi connectivity index (χ0) is 10.8. The van der Waals surface area contributed by atoms with Gasteiger partial charge >= 0.3 is 5.97 Å². The first-order valence-corrected chi connectivity index (χ1v) is 4.52. The Morgan fingerprint density at radius 2 is 2.40 bits per heavy atom. The maximum atomic E-state index is 13.2. The van der Waals surface area contributed by atoms with Crippen LogP contribution in [-0.2, 0) is 4.74 Å². The lowest BCUT2D eigenvalue weighted by molar-refractivity contribution is 0.0522. The number of halogens is 1. The van der Waals surface area contributed by atoms with Gasteiger partial charge < -0.3 is 4.74 Å². The van der Waals surface area contributed by atoms with Gasteiger partial charge in [-0.3, -0.25) is 4.40 Å².